The van der Waals surface area contributed by atoms with Crippen LogP contribution in [0.5, 0.6) is 0 Å². The van der Waals surface area contributed by atoms with Crippen molar-refractivity contribution in [1.29, 1.82) is 0 Å². The highest BCUT2D eigenvalue weighted by Crippen LogP contribution is 2.31. The van der Waals surface area contributed by atoms with Crippen molar-refractivity contribution in [2.45, 2.75) is 6.92 Å². The zero-order valence-electron chi connectivity index (χ0n) is 12.4. The molecular formula is C17H12INO4. The highest BCUT2D eigenvalue weighted by Gasteiger charge is 2.37. The van der Waals surface area contributed by atoms with Crippen LogP contribution in [-0.2, 0) is 4.74 Å². The average Bonchev–Trinajstić information content (AvgIpc) is 2.78. The second-order valence-corrected chi connectivity index (χ2v) is 6.37. The molecule has 0 bridgehead atoms. The largest absolute Gasteiger partial charge is 0.465 e. The molecule has 0 atom stereocenters. The highest BCUT2D eigenvalue weighted by atomic mass is 127. The van der Waals surface area contributed by atoms with E-state index in [1.807, 2.05) is 19.1 Å². The molecular weight excluding hydrogens is 409 g/mol. The SMILES string of the molecule is COC(=O)c1ccc2c(c1)C(=O)N(c1ccc(I)cc1C)C2=O. The normalized spacial score (nSPS) is 13.3. The molecule has 0 N–H and O–H groups in total. The summed E-state index contributed by atoms with van der Waals surface area (Å²) in [5.74, 6) is -1.36. The standard InChI is InChI=1S/C17H12INO4/c1-9-7-11(18)4-6-14(9)19-15(20)12-5-3-10(17(22)23-2)8-13(12)16(19)21/h3-8H,1-2H3. The molecule has 0 saturated heterocycles. The molecule has 0 unspecified atom stereocenters. The number of methoxy groups -OCH3 is 1. The van der Waals surface area contributed by atoms with E-state index in [1.54, 1.807) is 6.07 Å². The number of hydrogen-bond donors (Lipinski definition) is 0. The summed E-state index contributed by atoms with van der Waals surface area (Å²) in [5.41, 5.74) is 2.14. The first kappa shape index (κ1) is 15.7. The van der Waals surface area contributed by atoms with Gasteiger partial charge in [-0.1, -0.05) is 0 Å². The van der Waals surface area contributed by atoms with E-state index in [9.17, 15) is 14.4 Å². The lowest BCUT2D eigenvalue weighted by atomic mass is 10.1. The van der Waals surface area contributed by atoms with Gasteiger partial charge in [0.05, 0.1) is 29.5 Å². The van der Waals surface area contributed by atoms with E-state index >= 15 is 0 Å². The number of amides is 2. The van der Waals surface area contributed by atoms with Crippen LogP contribution in [0.15, 0.2) is 36.4 Å². The molecule has 1 aliphatic rings. The van der Waals surface area contributed by atoms with Gasteiger partial charge in [-0.05, 0) is 71.5 Å². The van der Waals surface area contributed by atoms with Crippen molar-refractivity contribution in [3.8, 4) is 0 Å². The third-order valence-electron chi connectivity index (χ3n) is 3.71. The van der Waals surface area contributed by atoms with E-state index in [1.165, 1.54) is 25.3 Å². The van der Waals surface area contributed by atoms with Crippen LogP contribution < -0.4 is 4.90 Å². The molecule has 0 aliphatic carbocycles. The molecule has 0 saturated carbocycles. The van der Waals surface area contributed by atoms with Crippen molar-refractivity contribution in [3.05, 3.63) is 62.2 Å². The minimum absolute atomic E-state index is 0.218. The maximum atomic E-state index is 12.7. The van der Waals surface area contributed by atoms with E-state index in [0.29, 0.717) is 11.3 Å². The molecule has 0 aromatic heterocycles. The van der Waals surface area contributed by atoms with Crippen LogP contribution in [0, 0.1) is 10.5 Å². The van der Waals surface area contributed by atoms with Crippen molar-refractivity contribution < 1.29 is 19.1 Å². The van der Waals surface area contributed by atoms with E-state index in [-0.39, 0.29) is 17.0 Å². The number of anilines is 1. The smallest absolute Gasteiger partial charge is 0.337 e. The first-order valence-corrected chi connectivity index (χ1v) is 7.89. The first-order chi connectivity index (χ1) is 10.9. The maximum Gasteiger partial charge on any atom is 0.337 e. The van der Waals surface area contributed by atoms with Gasteiger partial charge in [-0.15, -0.1) is 0 Å². The molecule has 1 aliphatic heterocycles. The van der Waals surface area contributed by atoms with Crippen LogP contribution in [0.2, 0.25) is 0 Å². The first-order valence-electron chi connectivity index (χ1n) is 6.81. The number of carbonyl (C=O) groups is 3. The maximum absolute atomic E-state index is 12.7. The molecule has 23 heavy (non-hydrogen) atoms. The Labute approximate surface area is 146 Å². The second kappa shape index (κ2) is 5.77. The number of hydrogen-bond acceptors (Lipinski definition) is 4. The minimum Gasteiger partial charge on any atom is -0.465 e. The Morgan fingerprint density at radius 2 is 1.74 bits per heavy atom. The Kier molecular flexibility index (Phi) is 3.93. The van der Waals surface area contributed by atoms with E-state index in [2.05, 4.69) is 27.3 Å². The fourth-order valence-electron chi connectivity index (χ4n) is 2.57. The molecule has 6 heteroatoms. The Bertz CT molecular complexity index is 860. The quantitative estimate of drug-likeness (QED) is 0.425. The topological polar surface area (TPSA) is 63.7 Å². The van der Waals surface area contributed by atoms with Gasteiger partial charge in [0.25, 0.3) is 11.8 Å². The van der Waals surface area contributed by atoms with Crippen molar-refractivity contribution in [2.75, 3.05) is 12.0 Å². The number of nitrogens with zero attached hydrogens (tertiary/aromatic N) is 1. The number of fused-ring (bicyclic) bond motifs is 1. The third-order valence-corrected chi connectivity index (χ3v) is 4.38. The van der Waals surface area contributed by atoms with Gasteiger partial charge in [0.2, 0.25) is 0 Å². The molecule has 2 aromatic carbocycles. The Morgan fingerprint density at radius 3 is 2.39 bits per heavy atom. The van der Waals surface area contributed by atoms with Crippen molar-refractivity contribution in [3.63, 3.8) is 0 Å². The fraction of sp³-hybridized carbons (Fsp3) is 0.118. The van der Waals surface area contributed by atoms with Gasteiger partial charge >= 0.3 is 5.97 Å². The van der Waals surface area contributed by atoms with Gasteiger partial charge in [0.15, 0.2) is 0 Å². The number of ether oxygens (including phenoxy) is 1. The van der Waals surface area contributed by atoms with Gasteiger partial charge in [0.1, 0.15) is 0 Å². The monoisotopic (exact) mass is 421 g/mol. The predicted molar refractivity (Wildman–Crippen MR) is 92.8 cm³/mol. The Balaban J connectivity index is 2.08. The number of carbonyl (C=O) groups excluding carboxylic acids is 3. The third kappa shape index (κ3) is 2.52. The number of aryl methyl sites for hydroxylation is 1. The molecule has 5 nitrogen and oxygen atoms in total. The van der Waals surface area contributed by atoms with E-state index in [4.69, 9.17) is 0 Å². The number of halogens is 1. The number of imide groups is 1. The summed E-state index contributed by atoms with van der Waals surface area (Å²) < 4.78 is 5.67. The summed E-state index contributed by atoms with van der Waals surface area (Å²) in [6.07, 6.45) is 0. The fourth-order valence-corrected chi connectivity index (χ4v) is 3.22. The van der Waals surface area contributed by atoms with Crippen LogP contribution in [-0.4, -0.2) is 24.9 Å². The Morgan fingerprint density at radius 1 is 1.04 bits per heavy atom. The summed E-state index contributed by atoms with van der Waals surface area (Å²) in [6.45, 7) is 1.85. The molecule has 0 spiro atoms. The highest BCUT2D eigenvalue weighted by molar-refractivity contribution is 14.1. The van der Waals surface area contributed by atoms with Gasteiger partial charge < -0.3 is 4.74 Å². The van der Waals surface area contributed by atoms with Gasteiger partial charge in [0, 0.05) is 3.57 Å². The molecule has 2 aromatic rings. The summed E-state index contributed by atoms with van der Waals surface area (Å²) in [7, 11) is 1.27. The summed E-state index contributed by atoms with van der Waals surface area (Å²) >= 11 is 2.17. The van der Waals surface area contributed by atoms with Gasteiger partial charge in [-0.2, -0.15) is 0 Å². The number of esters is 1. The molecule has 2 amide bonds. The van der Waals surface area contributed by atoms with E-state index < -0.39 is 11.9 Å². The minimum atomic E-state index is -0.544. The molecule has 3 rings (SSSR count). The molecule has 0 fully saturated rings. The second-order valence-electron chi connectivity index (χ2n) is 5.13. The number of rotatable bonds is 2. The molecule has 0 radical (unpaired) electrons. The van der Waals surface area contributed by atoms with Crippen LogP contribution in [0.25, 0.3) is 0 Å². The van der Waals surface area contributed by atoms with E-state index in [0.717, 1.165) is 14.0 Å². The zero-order chi connectivity index (χ0) is 16.7. The predicted octanol–water partition coefficient (Wildman–Crippen LogP) is 3.19. The molecule has 116 valence electrons. The zero-order valence-corrected chi connectivity index (χ0v) is 14.6. The van der Waals surface area contributed by atoms with Crippen LogP contribution in [0.1, 0.15) is 36.6 Å². The van der Waals surface area contributed by atoms with Crippen LogP contribution in [0.4, 0.5) is 5.69 Å². The van der Waals surface area contributed by atoms with Gasteiger partial charge in [-0.3, -0.25) is 9.59 Å². The van der Waals surface area contributed by atoms with Crippen molar-refractivity contribution >= 4 is 46.1 Å². The van der Waals surface area contributed by atoms with Crippen LogP contribution >= 0.6 is 22.6 Å². The number of benzene rings is 2. The lowest BCUT2D eigenvalue weighted by molar-refractivity contribution is 0.0600. The summed E-state index contributed by atoms with van der Waals surface area (Å²) in [4.78, 5) is 38.0. The van der Waals surface area contributed by atoms with Crippen molar-refractivity contribution in [2.24, 2.45) is 0 Å². The lowest BCUT2D eigenvalue weighted by Crippen LogP contribution is -2.30. The average molecular weight is 421 g/mol. The van der Waals surface area contributed by atoms with Crippen LogP contribution in [0.3, 0.4) is 0 Å². The summed E-state index contributed by atoms with van der Waals surface area (Å²) in [6, 6.07) is 9.87. The molecule has 1 heterocycles. The summed E-state index contributed by atoms with van der Waals surface area (Å²) in [5, 5.41) is 0. The Hall–Kier alpha value is -2.22. The van der Waals surface area contributed by atoms with Gasteiger partial charge in [-0.25, -0.2) is 9.69 Å². The van der Waals surface area contributed by atoms with Crippen molar-refractivity contribution in [1.82, 2.24) is 0 Å². The lowest BCUT2D eigenvalue weighted by Gasteiger charge is -2.16.